The van der Waals surface area contributed by atoms with Crippen molar-refractivity contribution in [3.8, 4) is 0 Å². The molecule has 6 heteroatoms. The standard InChI is InChI=1S/C23H25Cl2N3O/c24-17-5-3-4-16(12-17)19(14-23(29)26-8-11-28-9-1-2-10-28)21-15-27-22-7-6-18(25)13-20(21)22/h3-7,12-13,15,19,27H,1-2,8-11,14H2,(H,26,29). The lowest BCUT2D eigenvalue weighted by Gasteiger charge is -2.19. The summed E-state index contributed by atoms with van der Waals surface area (Å²) in [6.45, 7) is 3.87. The van der Waals surface area contributed by atoms with Crippen molar-refractivity contribution in [1.29, 1.82) is 0 Å². The highest BCUT2D eigenvalue weighted by atomic mass is 35.5. The molecule has 0 spiro atoms. The summed E-state index contributed by atoms with van der Waals surface area (Å²) >= 11 is 12.5. The number of H-pyrrole nitrogens is 1. The van der Waals surface area contributed by atoms with Gasteiger partial charge in [0.2, 0.25) is 5.91 Å². The minimum absolute atomic E-state index is 0.0468. The molecule has 4 rings (SSSR count). The monoisotopic (exact) mass is 429 g/mol. The van der Waals surface area contributed by atoms with Crippen LogP contribution in [0.3, 0.4) is 0 Å². The third kappa shape index (κ3) is 4.95. The van der Waals surface area contributed by atoms with Crippen LogP contribution in [0.1, 0.15) is 36.3 Å². The van der Waals surface area contributed by atoms with Crippen LogP contribution >= 0.6 is 23.2 Å². The number of nitrogens with zero attached hydrogens (tertiary/aromatic N) is 1. The number of benzene rings is 2. The summed E-state index contributed by atoms with van der Waals surface area (Å²) in [4.78, 5) is 18.5. The van der Waals surface area contributed by atoms with Gasteiger partial charge in [-0.1, -0.05) is 35.3 Å². The Bertz CT molecular complexity index is 995. The first-order valence-corrected chi connectivity index (χ1v) is 10.9. The van der Waals surface area contributed by atoms with Crippen molar-refractivity contribution in [2.24, 2.45) is 0 Å². The van der Waals surface area contributed by atoms with Crippen molar-refractivity contribution in [3.05, 3.63) is 69.8 Å². The molecule has 2 aromatic carbocycles. The van der Waals surface area contributed by atoms with E-state index in [-0.39, 0.29) is 11.8 Å². The number of carbonyl (C=O) groups excluding carboxylic acids is 1. The average molecular weight is 430 g/mol. The first kappa shape index (κ1) is 20.3. The van der Waals surface area contributed by atoms with Gasteiger partial charge < -0.3 is 15.2 Å². The number of carbonyl (C=O) groups is 1. The highest BCUT2D eigenvalue weighted by Gasteiger charge is 2.22. The maximum Gasteiger partial charge on any atom is 0.220 e. The smallest absolute Gasteiger partial charge is 0.220 e. The fraction of sp³-hybridized carbons (Fsp3) is 0.348. The summed E-state index contributed by atoms with van der Waals surface area (Å²) in [5, 5.41) is 5.48. The zero-order chi connectivity index (χ0) is 20.2. The molecule has 1 amide bonds. The van der Waals surface area contributed by atoms with Crippen LogP contribution < -0.4 is 5.32 Å². The number of fused-ring (bicyclic) bond motifs is 1. The van der Waals surface area contributed by atoms with Crippen LogP contribution in [0.2, 0.25) is 10.0 Å². The second-order valence-corrected chi connectivity index (χ2v) is 8.52. The van der Waals surface area contributed by atoms with Gasteiger partial charge in [-0.2, -0.15) is 0 Å². The highest BCUT2D eigenvalue weighted by molar-refractivity contribution is 6.31. The van der Waals surface area contributed by atoms with Gasteiger partial charge in [-0.25, -0.2) is 0 Å². The van der Waals surface area contributed by atoms with Gasteiger partial charge in [0, 0.05) is 52.6 Å². The first-order valence-electron chi connectivity index (χ1n) is 10.1. The molecule has 1 saturated heterocycles. The van der Waals surface area contributed by atoms with Gasteiger partial charge in [0.05, 0.1) is 0 Å². The van der Waals surface area contributed by atoms with E-state index in [1.165, 1.54) is 12.8 Å². The summed E-state index contributed by atoms with van der Waals surface area (Å²) in [7, 11) is 0. The normalized spacial score (nSPS) is 15.7. The van der Waals surface area contributed by atoms with E-state index >= 15 is 0 Å². The number of nitrogens with one attached hydrogen (secondary N) is 2. The Hall–Kier alpha value is -2.01. The number of hydrogen-bond donors (Lipinski definition) is 2. The summed E-state index contributed by atoms with van der Waals surface area (Å²) < 4.78 is 0. The van der Waals surface area contributed by atoms with Crippen LogP contribution in [0, 0.1) is 0 Å². The van der Waals surface area contributed by atoms with E-state index in [0.717, 1.165) is 41.7 Å². The minimum Gasteiger partial charge on any atom is -0.361 e. The lowest BCUT2D eigenvalue weighted by molar-refractivity contribution is -0.121. The second kappa shape index (κ2) is 9.21. The number of aromatic amines is 1. The Morgan fingerprint density at radius 3 is 2.69 bits per heavy atom. The third-order valence-corrected chi connectivity index (χ3v) is 6.11. The number of rotatable bonds is 7. The first-order chi connectivity index (χ1) is 14.1. The predicted molar refractivity (Wildman–Crippen MR) is 120 cm³/mol. The molecule has 1 aliphatic heterocycles. The van der Waals surface area contributed by atoms with E-state index in [1.807, 2.05) is 48.7 Å². The zero-order valence-corrected chi connectivity index (χ0v) is 17.8. The number of halogens is 2. The maximum absolute atomic E-state index is 12.8. The largest absolute Gasteiger partial charge is 0.361 e. The molecule has 0 radical (unpaired) electrons. The van der Waals surface area contributed by atoms with Gasteiger partial charge >= 0.3 is 0 Å². The van der Waals surface area contributed by atoms with Gasteiger partial charge in [0.1, 0.15) is 0 Å². The number of likely N-dealkylation sites (tertiary alicyclic amines) is 1. The molecule has 1 fully saturated rings. The molecular weight excluding hydrogens is 405 g/mol. The molecule has 1 aliphatic rings. The molecule has 1 aromatic heterocycles. The number of aromatic nitrogens is 1. The Balaban J connectivity index is 1.55. The summed E-state index contributed by atoms with van der Waals surface area (Å²) in [6, 6.07) is 13.5. The molecular formula is C23H25Cl2N3O. The molecule has 0 saturated carbocycles. The van der Waals surface area contributed by atoms with Crippen LogP contribution in [0.15, 0.2) is 48.7 Å². The quantitative estimate of drug-likeness (QED) is 0.541. The molecule has 2 N–H and O–H groups in total. The van der Waals surface area contributed by atoms with E-state index in [4.69, 9.17) is 23.2 Å². The van der Waals surface area contributed by atoms with Crippen molar-refractivity contribution in [2.45, 2.75) is 25.2 Å². The molecule has 4 nitrogen and oxygen atoms in total. The van der Waals surface area contributed by atoms with Gasteiger partial charge in [0.25, 0.3) is 0 Å². The van der Waals surface area contributed by atoms with E-state index in [9.17, 15) is 4.79 Å². The fourth-order valence-electron chi connectivity index (χ4n) is 4.15. The van der Waals surface area contributed by atoms with E-state index in [2.05, 4.69) is 15.2 Å². The topological polar surface area (TPSA) is 48.1 Å². The molecule has 3 aromatic rings. The number of amides is 1. The van der Waals surface area contributed by atoms with Crippen LogP contribution in [0.25, 0.3) is 10.9 Å². The van der Waals surface area contributed by atoms with Gasteiger partial charge in [-0.05, 0) is 67.4 Å². The van der Waals surface area contributed by atoms with Crippen LogP contribution in [0.5, 0.6) is 0 Å². The summed E-state index contributed by atoms with van der Waals surface area (Å²) in [6.07, 6.45) is 4.85. The molecule has 1 unspecified atom stereocenters. The SMILES string of the molecule is O=C(CC(c1cccc(Cl)c1)c1c[nH]c2ccc(Cl)cc12)NCCN1CCCC1. The Morgan fingerprint density at radius 1 is 1.10 bits per heavy atom. The van der Waals surface area contributed by atoms with E-state index < -0.39 is 0 Å². The van der Waals surface area contributed by atoms with Crippen molar-refractivity contribution in [3.63, 3.8) is 0 Å². The Morgan fingerprint density at radius 2 is 1.90 bits per heavy atom. The lowest BCUT2D eigenvalue weighted by atomic mass is 9.88. The second-order valence-electron chi connectivity index (χ2n) is 7.64. The molecule has 2 heterocycles. The van der Waals surface area contributed by atoms with Gasteiger partial charge in [0.15, 0.2) is 0 Å². The van der Waals surface area contributed by atoms with Crippen molar-refractivity contribution in [1.82, 2.24) is 15.2 Å². The fourth-order valence-corrected chi connectivity index (χ4v) is 4.52. The molecule has 1 atom stereocenters. The molecule has 0 bridgehead atoms. The summed E-state index contributed by atoms with van der Waals surface area (Å²) in [5.41, 5.74) is 3.08. The van der Waals surface area contributed by atoms with Crippen LogP contribution in [0.4, 0.5) is 0 Å². The van der Waals surface area contributed by atoms with E-state index in [0.29, 0.717) is 23.0 Å². The summed E-state index contributed by atoms with van der Waals surface area (Å²) in [5.74, 6) is -0.0572. The number of hydrogen-bond acceptors (Lipinski definition) is 2. The lowest BCUT2D eigenvalue weighted by Crippen LogP contribution is -2.34. The molecule has 29 heavy (non-hydrogen) atoms. The minimum atomic E-state index is -0.104. The van der Waals surface area contributed by atoms with Crippen molar-refractivity contribution < 1.29 is 4.79 Å². The Labute approximate surface area is 181 Å². The van der Waals surface area contributed by atoms with Crippen molar-refractivity contribution in [2.75, 3.05) is 26.2 Å². The van der Waals surface area contributed by atoms with Gasteiger partial charge in [-0.3, -0.25) is 4.79 Å². The molecule has 152 valence electrons. The maximum atomic E-state index is 12.8. The van der Waals surface area contributed by atoms with E-state index in [1.54, 1.807) is 0 Å². The average Bonchev–Trinajstić information content (AvgIpc) is 3.36. The van der Waals surface area contributed by atoms with Crippen LogP contribution in [-0.2, 0) is 4.79 Å². The highest BCUT2D eigenvalue weighted by Crippen LogP contribution is 2.35. The predicted octanol–water partition coefficient (Wildman–Crippen LogP) is 5.21. The van der Waals surface area contributed by atoms with Crippen LogP contribution in [-0.4, -0.2) is 42.0 Å². The Kier molecular flexibility index (Phi) is 6.43. The molecule has 0 aliphatic carbocycles. The van der Waals surface area contributed by atoms with Crippen molar-refractivity contribution >= 4 is 40.0 Å². The van der Waals surface area contributed by atoms with Gasteiger partial charge in [-0.15, -0.1) is 0 Å². The zero-order valence-electron chi connectivity index (χ0n) is 16.3. The third-order valence-electron chi connectivity index (χ3n) is 5.64.